The van der Waals surface area contributed by atoms with Crippen molar-refractivity contribution in [3.8, 4) is 0 Å². The molecule has 0 radical (unpaired) electrons. The van der Waals surface area contributed by atoms with Crippen LogP contribution in [-0.4, -0.2) is 45.1 Å². The summed E-state index contributed by atoms with van der Waals surface area (Å²) in [5, 5.41) is 9.31. The second-order valence-corrected chi connectivity index (χ2v) is 3.69. The van der Waals surface area contributed by atoms with Gasteiger partial charge in [0.1, 0.15) is 5.69 Å². The fourth-order valence-electron chi connectivity index (χ4n) is 1.70. The molecule has 1 amide bonds. The van der Waals surface area contributed by atoms with Crippen LogP contribution in [0.2, 0.25) is 0 Å². The van der Waals surface area contributed by atoms with Crippen LogP contribution in [0.5, 0.6) is 0 Å². The van der Waals surface area contributed by atoms with Gasteiger partial charge in [0, 0.05) is 13.1 Å². The molecule has 1 aromatic rings. The lowest BCUT2D eigenvalue weighted by molar-refractivity contribution is 0.0543. The minimum Gasteiger partial charge on any atom is -0.393 e. The standard InChI is InChI=1S/C9H14N4O2/c10-8-7(11-5-12-8)9(15)13-3-1-6(14)2-4-13/h5-6,14H,1-4,10H2,(H,11,12). The molecular formula is C9H14N4O2. The summed E-state index contributed by atoms with van der Waals surface area (Å²) < 4.78 is 0. The van der Waals surface area contributed by atoms with Gasteiger partial charge in [-0.25, -0.2) is 4.98 Å². The quantitative estimate of drug-likeness (QED) is 0.587. The maximum Gasteiger partial charge on any atom is 0.274 e. The second kappa shape index (κ2) is 3.90. The van der Waals surface area contributed by atoms with E-state index >= 15 is 0 Å². The molecule has 0 spiro atoms. The average Bonchev–Trinajstić information content (AvgIpc) is 2.65. The molecule has 0 atom stereocenters. The van der Waals surface area contributed by atoms with Crippen LogP contribution in [0.25, 0.3) is 0 Å². The van der Waals surface area contributed by atoms with E-state index in [9.17, 15) is 9.90 Å². The average molecular weight is 210 g/mol. The van der Waals surface area contributed by atoms with Gasteiger partial charge in [0.2, 0.25) is 0 Å². The van der Waals surface area contributed by atoms with E-state index in [4.69, 9.17) is 5.73 Å². The first-order valence-electron chi connectivity index (χ1n) is 4.94. The number of amides is 1. The summed E-state index contributed by atoms with van der Waals surface area (Å²) >= 11 is 0. The number of aromatic nitrogens is 2. The van der Waals surface area contributed by atoms with Gasteiger partial charge >= 0.3 is 0 Å². The lowest BCUT2D eigenvalue weighted by atomic mass is 10.1. The van der Waals surface area contributed by atoms with Gasteiger partial charge in [-0.15, -0.1) is 0 Å². The largest absolute Gasteiger partial charge is 0.393 e. The molecule has 4 N–H and O–H groups in total. The lowest BCUT2D eigenvalue weighted by Crippen LogP contribution is -2.40. The van der Waals surface area contributed by atoms with E-state index in [1.54, 1.807) is 4.90 Å². The number of nitrogen functional groups attached to an aromatic ring is 1. The summed E-state index contributed by atoms with van der Waals surface area (Å²) in [6, 6.07) is 0. The van der Waals surface area contributed by atoms with Crippen LogP contribution in [0.1, 0.15) is 23.3 Å². The van der Waals surface area contributed by atoms with Gasteiger partial charge in [-0.3, -0.25) is 4.79 Å². The molecule has 0 saturated carbocycles. The minimum absolute atomic E-state index is 0.142. The Morgan fingerprint density at radius 3 is 2.80 bits per heavy atom. The molecule has 2 rings (SSSR count). The van der Waals surface area contributed by atoms with E-state index in [0.29, 0.717) is 31.6 Å². The van der Waals surface area contributed by atoms with E-state index in [2.05, 4.69) is 9.97 Å². The van der Waals surface area contributed by atoms with Crippen LogP contribution >= 0.6 is 0 Å². The number of piperidine rings is 1. The Morgan fingerprint density at radius 2 is 2.27 bits per heavy atom. The highest BCUT2D eigenvalue weighted by Gasteiger charge is 2.24. The number of aliphatic hydroxyl groups excluding tert-OH is 1. The minimum atomic E-state index is -0.284. The Morgan fingerprint density at radius 1 is 1.60 bits per heavy atom. The summed E-state index contributed by atoms with van der Waals surface area (Å²) in [6.45, 7) is 1.14. The normalized spacial score (nSPS) is 18.1. The summed E-state index contributed by atoms with van der Waals surface area (Å²) in [5.74, 6) is 0.0861. The number of aromatic amines is 1. The summed E-state index contributed by atoms with van der Waals surface area (Å²) in [5.41, 5.74) is 5.88. The van der Waals surface area contributed by atoms with Crippen LogP contribution < -0.4 is 5.73 Å². The monoisotopic (exact) mass is 210 g/mol. The number of aliphatic hydroxyl groups is 1. The number of imidazole rings is 1. The molecule has 15 heavy (non-hydrogen) atoms. The number of nitrogens with zero attached hydrogens (tertiary/aromatic N) is 2. The van der Waals surface area contributed by atoms with E-state index in [1.165, 1.54) is 6.33 Å². The van der Waals surface area contributed by atoms with Gasteiger partial charge in [0.15, 0.2) is 5.82 Å². The van der Waals surface area contributed by atoms with Crippen molar-refractivity contribution in [1.82, 2.24) is 14.9 Å². The third-order valence-electron chi connectivity index (χ3n) is 2.63. The molecule has 0 bridgehead atoms. The molecule has 1 saturated heterocycles. The van der Waals surface area contributed by atoms with Gasteiger partial charge in [-0.1, -0.05) is 0 Å². The number of nitrogens with one attached hydrogen (secondary N) is 1. The third kappa shape index (κ3) is 1.94. The van der Waals surface area contributed by atoms with Crippen LogP contribution in [0.3, 0.4) is 0 Å². The van der Waals surface area contributed by atoms with Crippen molar-refractivity contribution in [2.24, 2.45) is 0 Å². The van der Waals surface area contributed by atoms with E-state index in [-0.39, 0.29) is 17.8 Å². The first-order valence-corrected chi connectivity index (χ1v) is 4.94. The summed E-state index contributed by atoms with van der Waals surface area (Å²) in [6.07, 6.45) is 2.37. The van der Waals surface area contributed by atoms with Gasteiger partial charge in [-0.2, -0.15) is 0 Å². The van der Waals surface area contributed by atoms with Crippen molar-refractivity contribution in [2.45, 2.75) is 18.9 Å². The molecule has 1 aliphatic rings. The molecule has 0 aliphatic carbocycles. The van der Waals surface area contributed by atoms with Crippen LogP contribution in [0, 0.1) is 0 Å². The maximum atomic E-state index is 11.9. The second-order valence-electron chi connectivity index (χ2n) is 3.69. The van der Waals surface area contributed by atoms with Gasteiger partial charge in [-0.05, 0) is 12.8 Å². The van der Waals surface area contributed by atoms with E-state index < -0.39 is 0 Å². The summed E-state index contributed by atoms with van der Waals surface area (Å²) in [7, 11) is 0. The Kier molecular flexibility index (Phi) is 2.59. The molecule has 0 aromatic carbocycles. The topological polar surface area (TPSA) is 95.2 Å². The Labute approximate surface area is 87.1 Å². The van der Waals surface area contributed by atoms with Crippen molar-refractivity contribution in [2.75, 3.05) is 18.8 Å². The van der Waals surface area contributed by atoms with Gasteiger partial charge in [0.05, 0.1) is 12.4 Å². The number of hydrogen-bond donors (Lipinski definition) is 3. The Balaban J connectivity index is 2.06. The lowest BCUT2D eigenvalue weighted by Gasteiger charge is -2.29. The maximum absolute atomic E-state index is 11.9. The zero-order valence-electron chi connectivity index (χ0n) is 8.31. The van der Waals surface area contributed by atoms with E-state index in [1.807, 2.05) is 0 Å². The smallest absolute Gasteiger partial charge is 0.274 e. The molecule has 1 aliphatic heterocycles. The van der Waals surface area contributed by atoms with Gasteiger partial charge in [0.25, 0.3) is 5.91 Å². The van der Waals surface area contributed by atoms with Crippen LogP contribution in [0.15, 0.2) is 6.33 Å². The van der Waals surface area contributed by atoms with Crippen molar-refractivity contribution in [1.29, 1.82) is 0 Å². The fraction of sp³-hybridized carbons (Fsp3) is 0.556. The van der Waals surface area contributed by atoms with Crippen molar-refractivity contribution >= 4 is 11.7 Å². The molecule has 6 nitrogen and oxygen atoms in total. The molecule has 6 heteroatoms. The molecule has 1 aromatic heterocycles. The molecule has 0 unspecified atom stereocenters. The fourth-order valence-corrected chi connectivity index (χ4v) is 1.70. The zero-order valence-corrected chi connectivity index (χ0v) is 8.31. The van der Waals surface area contributed by atoms with E-state index in [0.717, 1.165) is 0 Å². The Hall–Kier alpha value is -1.56. The number of anilines is 1. The Bertz CT molecular complexity index is 355. The van der Waals surface area contributed by atoms with Crippen LogP contribution in [0.4, 0.5) is 5.82 Å². The van der Waals surface area contributed by atoms with Crippen molar-refractivity contribution in [3.63, 3.8) is 0 Å². The van der Waals surface area contributed by atoms with Gasteiger partial charge < -0.3 is 20.7 Å². The predicted molar refractivity (Wildman–Crippen MR) is 54.1 cm³/mol. The highest BCUT2D eigenvalue weighted by Crippen LogP contribution is 2.14. The number of carbonyl (C=O) groups is 1. The first-order chi connectivity index (χ1) is 7.18. The highest BCUT2D eigenvalue weighted by atomic mass is 16.3. The predicted octanol–water partition coefficient (Wildman–Crippen LogP) is -0.411. The number of hydrogen-bond acceptors (Lipinski definition) is 4. The van der Waals surface area contributed by atoms with Crippen molar-refractivity contribution in [3.05, 3.63) is 12.0 Å². The zero-order chi connectivity index (χ0) is 10.8. The number of likely N-dealkylation sites (tertiary alicyclic amines) is 1. The third-order valence-corrected chi connectivity index (χ3v) is 2.63. The number of H-pyrrole nitrogens is 1. The number of carbonyl (C=O) groups excluding carboxylic acids is 1. The molecular weight excluding hydrogens is 196 g/mol. The first kappa shape index (κ1) is 9.97. The summed E-state index contributed by atoms with van der Waals surface area (Å²) in [4.78, 5) is 20.1. The van der Waals surface area contributed by atoms with Crippen molar-refractivity contribution < 1.29 is 9.90 Å². The SMILES string of the molecule is Nc1nc[nH]c1C(=O)N1CCC(O)CC1. The number of rotatable bonds is 1. The molecule has 1 fully saturated rings. The highest BCUT2D eigenvalue weighted by molar-refractivity contribution is 5.96. The molecule has 82 valence electrons. The number of nitrogens with two attached hydrogens (primary N) is 1. The van der Waals surface area contributed by atoms with Crippen LogP contribution in [-0.2, 0) is 0 Å². The molecule has 2 heterocycles.